The number of carboxylic acid groups (broad SMARTS) is 1. The molecule has 23 N–H and O–H groups in total. The predicted octanol–water partition coefficient (Wildman–Crippen LogP) is -21.3. The van der Waals surface area contributed by atoms with Crippen molar-refractivity contribution in [3.05, 3.63) is 0 Å². The average molecular weight is 1440 g/mol. The third kappa shape index (κ3) is 17.0. The Balaban J connectivity index is 0.0000118. The van der Waals surface area contributed by atoms with Gasteiger partial charge in [0.1, 0.15) is 202 Å². The molecule has 0 spiro atoms. The first-order chi connectivity index (χ1) is 45.1. The van der Waals surface area contributed by atoms with Crippen molar-refractivity contribution >= 4 is 11.9 Å². The van der Waals surface area contributed by atoms with Crippen molar-refractivity contribution < 1.29 is 264 Å². The number of carboxylic acids is 1. The second-order valence-electron chi connectivity index (χ2n) is 23.8. The maximum atomic E-state index is 12.7. The molecule has 96 heavy (non-hydrogen) atoms. The molecule has 44 heteroatoms. The molecule has 30 aliphatic heterocycles. The van der Waals surface area contributed by atoms with E-state index in [0.29, 0.717) is 0 Å². The van der Waals surface area contributed by atoms with Gasteiger partial charge < -0.3 is 208 Å². The predicted molar refractivity (Wildman–Crippen MR) is 279 cm³/mol. The van der Waals surface area contributed by atoms with E-state index in [1.54, 1.807) is 0 Å². The topological polar surface area (TPSA) is 679 Å². The number of aliphatic carboxylic acids is 1. The van der Waals surface area contributed by atoms with E-state index in [2.05, 4.69) is 0 Å². The van der Waals surface area contributed by atoms with Crippen molar-refractivity contribution in [2.75, 3.05) is 52.9 Å². The van der Waals surface area contributed by atoms with E-state index in [1.165, 1.54) is 0 Å². The molecule has 16 bridgehead atoms. The fourth-order valence-corrected chi connectivity index (χ4v) is 12.3. The van der Waals surface area contributed by atoms with E-state index in [1.807, 2.05) is 0 Å². The van der Waals surface area contributed by atoms with Crippen LogP contribution in [0.15, 0.2) is 0 Å². The van der Waals surface area contributed by atoms with Gasteiger partial charge in [-0.15, -0.1) is 0 Å². The van der Waals surface area contributed by atoms with Gasteiger partial charge >= 0.3 is 57.4 Å². The van der Waals surface area contributed by atoms with Crippen LogP contribution in [0.4, 0.5) is 0 Å². The molecule has 30 fully saturated rings. The third-order valence-corrected chi connectivity index (χ3v) is 17.7. The second kappa shape index (κ2) is 35.2. The number of carbonyl (C=O) groups excluding carboxylic acids is 2. The summed E-state index contributed by atoms with van der Waals surface area (Å²) in [6, 6.07) is 0. The molecule has 550 valence electrons. The molecular weight excluding hydrogens is 1350 g/mol. The molecule has 30 rings (SSSR count). The van der Waals surface area contributed by atoms with Gasteiger partial charge in [0.2, 0.25) is 0 Å². The molecule has 30 heterocycles. The first kappa shape index (κ1) is 80.7. The molecule has 0 amide bonds. The molecule has 0 unspecified atom stereocenters. The monoisotopic (exact) mass is 1430 g/mol. The number of aliphatic hydroxyl groups excluding tert-OH is 23. The van der Waals surface area contributed by atoms with Crippen LogP contribution in [-0.4, -0.2) is 428 Å². The van der Waals surface area contributed by atoms with Crippen molar-refractivity contribution in [1.82, 2.24) is 0 Å². The van der Waals surface area contributed by atoms with Gasteiger partial charge in [0.05, 0.1) is 52.7 Å². The molecular formula is C52H83KO43. The van der Waals surface area contributed by atoms with Gasteiger partial charge in [0.15, 0.2) is 50.3 Å². The molecule has 0 aromatic rings. The van der Waals surface area contributed by atoms with E-state index in [9.17, 15) is 132 Å². The van der Waals surface area contributed by atoms with Crippen molar-refractivity contribution in [3.63, 3.8) is 0 Å². The Morgan fingerprint density at radius 2 is 0.406 bits per heavy atom. The fraction of sp³-hybridized carbons (Fsp3) is 0.962. The molecule has 0 saturated carbocycles. The standard InChI is InChI=1S/C52H84O43.K/c53-3-11-37-21(63)29(71)45(80-11)89-38-12(4-54)82-47(31(73)23(38)65)91-40-14(6-56)84-49(33(75)25(40)67)93-42-16(8-58)86-51(35(77)27(42)69)95-44-18(10-79-20(62)2-1-19(60)61)87-52(36(78)28(44)70)94-43-17(9-59)85-50(34(76)26(43)68)92-41-15(7-57)83-48(32(74)24(41)66)90-39-13(5-55)81-46(88-37)30(72)22(39)64;/h11-18,21-59,63-78H,1-10H2,(H,60,61);/q;+1/p-1/t11-,12-,13-,14-,15-,16-,17-,18-,21+,22-,23-,24+,25-,26+,27-,28-,29+,30-,31-,32+,33-,34+,35-,36-,37-,38-,39-,40-,41-,42-,43-,44-,45-,46-,47-,48-,49-,50-,51-,52-;/m1./s1. The smallest absolute Gasteiger partial charge is 0.550 e. The first-order valence-corrected chi connectivity index (χ1v) is 30.1. The maximum absolute atomic E-state index is 12.7. The fourth-order valence-electron chi connectivity index (χ4n) is 12.3. The summed E-state index contributed by atoms with van der Waals surface area (Å²) < 4.78 is 96.7. The van der Waals surface area contributed by atoms with Gasteiger partial charge in [-0.3, -0.25) is 4.79 Å². The van der Waals surface area contributed by atoms with Crippen LogP contribution < -0.4 is 56.5 Å². The van der Waals surface area contributed by atoms with E-state index >= 15 is 0 Å². The van der Waals surface area contributed by atoms with E-state index in [4.69, 9.17) is 80.5 Å². The number of esters is 1. The Morgan fingerprint density at radius 3 is 0.562 bits per heavy atom. The number of aliphatic hydroxyl groups is 23. The van der Waals surface area contributed by atoms with Crippen LogP contribution in [0.5, 0.6) is 0 Å². The minimum Gasteiger partial charge on any atom is -0.550 e. The van der Waals surface area contributed by atoms with E-state index < -0.39 is 323 Å². The van der Waals surface area contributed by atoms with Crippen LogP contribution in [0.1, 0.15) is 12.8 Å². The molecule has 43 nitrogen and oxygen atoms in total. The zero-order valence-corrected chi connectivity index (χ0v) is 53.7. The Kier molecular flexibility index (Phi) is 29.6. The summed E-state index contributed by atoms with van der Waals surface area (Å²) in [5.74, 6) is -2.90. The molecule has 30 saturated heterocycles. The van der Waals surface area contributed by atoms with Crippen LogP contribution in [0.25, 0.3) is 0 Å². The van der Waals surface area contributed by atoms with E-state index in [-0.39, 0.29) is 51.4 Å². The number of hydrogen-bond acceptors (Lipinski definition) is 43. The van der Waals surface area contributed by atoms with Gasteiger partial charge in [0.25, 0.3) is 0 Å². The first-order valence-electron chi connectivity index (χ1n) is 30.1. The molecule has 0 aromatic heterocycles. The summed E-state index contributed by atoms with van der Waals surface area (Å²) in [5, 5.41) is 268. The molecule has 40 atom stereocenters. The van der Waals surface area contributed by atoms with E-state index in [0.717, 1.165) is 0 Å². The Labute approximate surface area is 584 Å². The van der Waals surface area contributed by atoms with Crippen LogP contribution in [0, 0.1) is 0 Å². The quantitative estimate of drug-likeness (QED) is 0.0637. The number of hydrogen-bond donors (Lipinski definition) is 23. The average Bonchev–Trinajstić information content (AvgIpc) is 0.780. The van der Waals surface area contributed by atoms with Gasteiger partial charge in [-0.05, 0) is 6.42 Å². The summed E-state index contributed by atoms with van der Waals surface area (Å²) in [6.45, 7) is -8.90. The normalized spacial score (nSPS) is 51.5. The molecule has 0 radical (unpaired) electrons. The largest absolute Gasteiger partial charge is 1.00 e. The zero-order chi connectivity index (χ0) is 69.3. The SMILES string of the molecule is O=C([O-])CCC(=O)OC[C@H]1O[C@@H]2O[C@H]3[C@@H](O)[C@H](O)[C@@H](O[C@H]4[C@@H](O)[C@H](O)[C@@H](O[C@H]5[C@H](O)[C@@H](O)[C@@H](O[C@H]6[C@@H](O)[C@H](O)[C@@H](O[C@H]7[C@H](O)[C@@H](O)[C@@H](O[C@H]8[C@H](O)[C@@H](O)[C@@H](O[C@H]9[C@H](O)[C@@H](O)[C@@H](O[C@H]1[C@H](O)[C@H]2O)O[C@@H]9CO)O[C@@H]8CO)O[C@@H]7CO)O[C@@H]6CO)O[C@@H]5CO)O[C@@H]4CO)O[C@@H]3CO.[K+]. The third-order valence-electron chi connectivity index (χ3n) is 17.7. The van der Waals surface area contributed by atoms with Gasteiger partial charge in [-0.25, -0.2) is 0 Å². The maximum Gasteiger partial charge on any atom is 1.00 e. The molecule has 0 aromatic carbocycles. The summed E-state index contributed by atoms with van der Waals surface area (Å²) in [6.07, 6.45) is -86.2. The summed E-state index contributed by atoms with van der Waals surface area (Å²) >= 11 is 0. The van der Waals surface area contributed by atoms with Crippen molar-refractivity contribution in [2.45, 2.75) is 258 Å². The Morgan fingerprint density at radius 1 is 0.250 bits per heavy atom. The van der Waals surface area contributed by atoms with Gasteiger partial charge in [-0.1, -0.05) is 0 Å². The number of rotatable bonds is 12. The molecule has 0 aliphatic carbocycles. The van der Waals surface area contributed by atoms with Crippen LogP contribution >= 0.6 is 0 Å². The second-order valence-corrected chi connectivity index (χ2v) is 23.8. The molecule has 30 aliphatic rings. The Bertz CT molecular complexity index is 2400. The zero-order valence-electron chi connectivity index (χ0n) is 50.6. The van der Waals surface area contributed by atoms with Crippen molar-refractivity contribution in [1.29, 1.82) is 0 Å². The number of carbonyl (C=O) groups is 2. The van der Waals surface area contributed by atoms with Gasteiger partial charge in [0, 0.05) is 5.97 Å². The minimum absolute atomic E-state index is 0. The number of ether oxygens (including phenoxy) is 17. The van der Waals surface area contributed by atoms with Crippen LogP contribution in [-0.2, 0) is 90.1 Å². The van der Waals surface area contributed by atoms with Crippen molar-refractivity contribution in [2.24, 2.45) is 0 Å². The summed E-state index contributed by atoms with van der Waals surface area (Å²) in [4.78, 5) is 23.8. The van der Waals surface area contributed by atoms with Gasteiger partial charge in [-0.2, -0.15) is 0 Å². The minimum atomic E-state index is -2.38. The van der Waals surface area contributed by atoms with Crippen LogP contribution in [0.3, 0.4) is 0 Å². The Hall–Kier alpha value is -0.984. The summed E-state index contributed by atoms with van der Waals surface area (Å²) in [5.41, 5.74) is 0. The van der Waals surface area contributed by atoms with Crippen LogP contribution in [0.2, 0.25) is 0 Å². The van der Waals surface area contributed by atoms with Crippen molar-refractivity contribution in [3.8, 4) is 0 Å². The summed E-state index contributed by atoms with van der Waals surface area (Å²) in [7, 11) is 0.